The third kappa shape index (κ3) is 2.06. The second kappa shape index (κ2) is 6.41. The molecule has 2 heteroatoms. The maximum atomic E-state index is 5.09. The highest BCUT2D eigenvalue weighted by Gasteiger charge is 2.52. The fraction of sp³-hybridized carbons (Fsp3) is 0.0333. The maximum absolute atomic E-state index is 5.09. The Balaban J connectivity index is 1.67. The molecule has 4 aromatic carbocycles. The largest absolute Gasteiger partial charge is 0.308 e. The molecule has 5 aromatic rings. The van der Waals surface area contributed by atoms with Gasteiger partial charge in [0.25, 0.3) is 0 Å². The number of hydrogen-bond donors (Lipinski definition) is 0. The summed E-state index contributed by atoms with van der Waals surface area (Å²) in [6.45, 7) is 0. The summed E-state index contributed by atoms with van der Waals surface area (Å²) < 4.78 is 0. The Kier molecular flexibility index (Phi) is 3.51. The van der Waals surface area contributed by atoms with Gasteiger partial charge in [-0.1, -0.05) is 84.9 Å². The predicted molar refractivity (Wildman–Crippen MR) is 130 cm³/mol. The van der Waals surface area contributed by atoms with Crippen LogP contribution in [0.3, 0.4) is 0 Å². The number of fused-ring (bicyclic) bond motifs is 9. The number of rotatable bonds is 1. The SMILES string of the molecule is c1ccc(N2c3ccccc3C3(c4ccccc4-c4ccccc43)c3ncccc32)cc1. The van der Waals surface area contributed by atoms with E-state index in [1.54, 1.807) is 0 Å². The van der Waals surface area contributed by atoms with Crippen LogP contribution in [-0.4, -0.2) is 4.98 Å². The van der Waals surface area contributed by atoms with Crippen LogP contribution in [0.1, 0.15) is 22.4 Å². The van der Waals surface area contributed by atoms with Gasteiger partial charge in [0.15, 0.2) is 0 Å². The second-order valence-electron chi connectivity index (χ2n) is 8.40. The average Bonchev–Trinajstić information content (AvgIpc) is 3.16. The normalized spacial score (nSPS) is 14.4. The van der Waals surface area contributed by atoms with E-state index in [9.17, 15) is 0 Å². The van der Waals surface area contributed by atoms with E-state index >= 15 is 0 Å². The molecule has 1 spiro atoms. The molecule has 7 rings (SSSR count). The predicted octanol–water partition coefficient (Wildman–Crippen LogP) is 7.23. The highest BCUT2D eigenvalue weighted by atomic mass is 15.2. The summed E-state index contributed by atoms with van der Waals surface area (Å²) in [7, 11) is 0. The van der Waals surface area contributed by atoms with Crippen LogP contribution in [-0.2, 0) is 5.41 Å². The Hall–Kier alpha value is -4.17. The summed E-state index contributed by atoms with van der Waals surface area (Å²) in [5.41, 5.74) is 10.6. The molecule has 0 fully saturated rings. The fourth-order valence-electron chi connectivity index (χ4n) is 5.74. The van der Waals surface area contributed by atoms with Crippen molar-refractivity contribution in [2.75, 3.05) is 4.90 Å². The Labute approximate surface area is 187 Å². The number of benzene rings is 4. The van der Waals surface area contributed by atoms with Crippen molar-refractivity contribution in [3.05, 3.63) is 144 Å². The first-order valence-electron chi connectivity index (χ1n) is 11.0. The van der Waals surface area contributed by atoms with E-state index in [1.165, 1.54) is 33.5 Å². The van der Waals surface area contributed by atoms with Crippen molar-refractivity contribution in [3.63, 3.8) is 0 Å². The molecule has 0 radical (unpaired) electrons. The highest BCUT2D eigenvalue weighted by molar-refractivity contribution is 5.94. The molecule has 0 bridgehead atoms. The van der Waals surface area contributed by atoms with Crippen molar-refractivity contribution >= 4 is 17.1 Å². The van der Waals surface area contributed by atoms with E-state index in [-0.39, 0.29) is 0 Å². The third-order valence-electron chi connectivity index (χ3n) is 6.90. The topological polar surface area (TPSA) is 16.1 Å². The van der Waals surface area contributed by atoms with Crippen molar-refractivity contribution in [2.24, 2.45) is 0 Å². The Morgan fingerprint density at radius 3 is 1.78 bits per heavy atom. The summed E-state index contributed by atoms with van der Waals surface area (Å²) >= 11 is 0. The fourth-order valence-corrected chi connectivity index (χ4v) is 5.74. The van der Waals surface area contributed by atoms with Crippen molar-refractivity contribution in [1.82, 2.24) is 4.98 Å². The first-order valence-corrected chi connectivity index (χ1v) is 11.0. The van der Waals surface area contributed by atoms with E-state index < -0.39 is 5.41 Å². The second-order valence-corrected chi connectivity index (χ2v) is 8.40. The van der Waals surface area contributed by atoms with Gasteiger partial charge in [-0.25, -0.2) is 0 Å². The average molecular weight is 409 g/mol. The van der Waals surface area contributed by atoms with Gasteiger partial charge in [-0.2, -0.15) is 0 Å². The summed E-state index contributed by atoms with van der Waals surface area (Å²) in [5, 5.41) is 0. The standard InChI is InChI=1S/C30H20N2/c1-2-11-21(12-3-1)32-27-18-9-8-17-26(27)30(29-28(32)19-10-20-31-29)24-15-6-4-13-22(24)23-14-5-7-16-25(23)30/h1-20H. The summed E-state index contributed by atoms with van der Waals surface area (Å²) in [6, 6.07) is 41.3. The van der Waals surface area contributed by atoms with Crippen LogP contribution in [0, 0.1) is 0 Å². The maximum Gasteiger partial charge on any atom is 0.0927 e. The first kappa shape index (κ1) is 17.5. The number of para-hydroxylation sites is 2. The van der Waals surface area contributed by atoms with Gasteiger partial charge in [0.05, 0.1) is 22.5 Å². The van der Waals surface area contributed by atoms with Crippen molar-refractivity contribution in [3.8, 4) is 11.1 Å². The minimum absolute atomic E-state index is 0.439. The summed E-state index contributed by atoms with van der Waals surface area (Å²) in [4.78, 5) is 7.44. The highest BCUT2D eigenvalue weighted by Crippen LogP contribution is 2.62. The molecule has 0 amide bonds. The number of nitrogens with zero attached hydrogens (tertiary/aromatic N) is 2. The van der Waals surface area contributed by atoms with E-state index in [1.807, 2.05) is 12.3 Å². The molecule has 2 nitrogen and oxygen atoms in total. The molecule has 0 saturated heterocycles. The number of aromatic nitrogens is 1. The number of hydrogen-bond acceptors (Lipinski definition) is 2. The molecule has 0 N–H and O–H groups in total. The number of pyridine rings is 1. The van der Waals surface area contributed by atoms with Gasteiger partial charge >= 0.3 is 0 Å². The minimum Gasteiger partial charge on any atom is -0.308 e. The lowest BCUT2D eigenvalue weighted by atomic mass is 9.67. The Bertz CT molecular complexity index is 1390. The zero-order valence-electron chi connectivity index (χ0n) is 17.4. The monoisotopic (exact) mass is 408 g/mol. The summed E-state index contributed by atoms with van der Waals surface area (Å²) in [5.74, 6) is 0. The van der Waals surface area contributed by atoms with Crippen molar-refractivity contribution in [1.29, 1.82) is 0 Å². The van der Waals surface area contributed by atoms with Crippen molar-refractivity contribution in [2.45, 2.75) is 5.41 Å². The molecule has 1 aliphatic heterocycles. The van der Waals surface area contributed by atoms with Gasteiger partial charge in [0, 0.05) is 11.9 Å². The van der Waals surface area contributed by atoms with E-state index in [0.717, 1.165) is 17.1 Å². The molecular weight excluding hydrogens is 388 g/mol. The lowest BCUT2D eigenvalue weighted by Gasteiger charge is -2.43. The quantitative estimate of drug-likeness (QED) is 0.285. The van der Waals surface area contributed by atoms with E-state index in [4.69, 9.17) is 4.98 Å². The molecule has 2 heterocycles. The lowest BCUT2D eigenvalue weighted by Crippen LogP contribution is -2.37. The van der Waals surface area contributed by atoms with Gasteiger partial charge < -0.3 is 4.90 Å². The number of anilines is 3. The molecule has 0 saturated carbocycles. The van der Waals surface area contributed by atoms with Crippen LogP contribution >= 0.6 is 0 Å². The third-order valence-corrected chi connectivity index (χ3v) is 6.90. The Morgan fingerprint density at radius 1 is 0.500 bits per heavy atom. The van der Waals surface area contributed by atoms with Crippen LogP contribution in [0.5, 0.6) is 0 Å². The minimum atomic E-state index is -0.439. The van der Waals surface area contributed by atoms with Crippen LogP contribution in [0.15, 0.2) is 121 Å². The van der Waals surface area contributed by atoms with Crippen LogP contribution in [0.2, 0.25) is 0 Å². The van der Waals surface area contributed by atoms with Crippen LogP contribution < -0.4 is 4.90 Å². The van der Waals surface area contributed by atoms with Gasteiger partial charge in [0.1, 0.15) is 0 Å². The van der Waals surface area contributed by atoms with Gasteiger partial charge in [-0.05, 0) is 58.1 Å². The smallest absolute Gasteiger partial charge is 0.0927 e. The molecule has 0 unspecified atom stereocenters. The van der Waals surface area contributed by atoms with E-state index in [2.05, 4.69) is 114 Å². The van der Waals surface area contributed by atoms with E-state index in [0.29, 0.717) is 0 Å². The molecule has 150 valence electrons. The molecule has 2 aliphatic rings. The zero-order chi connectivity index (χ0) is 21.1. The zero-order valence-corrected chi connectivity index (χ0v) is 17.4. The van der Waals surface area contributed by atoms with Gasteiger partial charge in [-0.15, -0.1) is 0 Å². The molecule has 1 aromatic heterocycles. The molecule has 1 aliphatic carbocycles. The molecular formula is C30H20N2. The van der Waals surface area contributed by atoms with Gasteiger partial charge in [0.2, 0.25) is 0 Å². The van der Waals surface area contributed by atoms with Crippen LogP contribution in [0.4, 0.5) is 17.1 Å². The first-order chi connectivity index (χ1) is 15.9. The molecule has 0 atom stereocenters. The van der Waals surface area contributed by atoms with Crippen LogP contribution in [0.25, 0.3) is 11.1 Å². The van der Waals surface area contributed by atoms with Crippen molar-refractivity contribution < 1.29 is 0 Å². The molecule has 32 heavy (non-hydrogen) atoms. The lowest BCUT2D eigenvalue weighted by molar-refractivity contribution is 0.720. The summed E-state index contributed by atoms with van der Waals surface area (Å²) in [6.07, 6.45) is 1.93. The van der Waals surface area contributed by atoms with Gasteiger partial charge in [-0.3, -0.25) is 4.98 Å². The Morgan fingerprint density at radius 2 is 1.06 bits per heavy atom.